The second-order valence-electron chi connectivity index (χ2n) is 9.06. The third-order valence-corrected chi connectivity index (χ3v) is 7.50. The molecule has 36 heavy (non-hydrogen) atoms. The Bertz CT molecular complexity index is 1160. The van der Waals surface area contributed by atoms with Crippen LogP contribution >= 0.6 is 0 Å². The van der Waals surface area contributed by atoms with Gasteiger partial charge in [0.2, 0.25) is 24.5 Å². The van der Waals surface area contributed by atoms with Crippen LogP contribution in [-0.2, 0) is 25.2 Å². The first-order chi connectivity index (χ1) is 17.3. The van der Waals surface area contributed by atoms with Crippen molar-refractivity contribution in [3.63, 3.8) is 0 Å². The molecule has 0 aromatic heterocycles. The van der Waals surface area contributed by atoms with Gasteiger partial charge in [-0.2, -0.15) is 0 Å². The number of anilines is 2. The van der Waals surface area contributed by atoms with Crippen molar-refractivity contribution >= 4 is 39.9 Å². The molecule has 1 heterocycles. The molecule has 192 valence electrons. The van der Waals surface area contributed by atoms with Crippen LogP contribution in [0, 0.1) is 6.92 Å². The number of rotatable bonds is 9. The minimum absolute atomic E-state index is 0.114. The molecule has 9 nitrogen and oxygen atoms in total. The lowest BCUT2D eigenvalue weighted by Gasteiger charge is -2.30. The largest absolute Gasteiger partial charge is 0.454 e. The Kier molecular flexibility index (Phi) is 8.25. The lowest BCUT2D eigenvalue weighted by atomic mass is 10.1. The Morgan fingerprint density at radius 2 is 1.78 bits per heavy atom. The van der Waals surface area contributed by atoms with Gasteiger partial charge in [-0.15, -0.1) is 0 Å². The summed E-state index contributed by atoms with van der Waals surface area (Å²) in [6, 6.07) is 11.5. The number of ether oxygens (including phenoxy) is 2. The molecule has 2 aromatic carbocycles. The molecule has 0 spiro atoms. The molecule has 0 bridgehead atoms. The molecule has 2 unspecified atom stereocenters. The van der Waals surface area contributed by atoms with E-state index in [1.807, 2.05) is 19.1 Å². The van der Waals surface area contributed by atoms with E-state index < -0.39 is 28.7 Å². The molecule has 3 amide bonds. The highest BCUT2D eigenvalue weighted by atomic mass is 32.2. The first kappa shape index (κ1) is 25.7. The molecule has 1 fully saturated rings. The smallest absolute Gasteiger partial charge is 0.243 e. The summed E-state index contributed by atoms with van der Waals surface area (Å²) >= 11 is 0. The van der Waals surface area contributed by atoms with Gasteiger partial charge < -0.3 is 20.1 Å². The van der Waals surface area contributed by atoms with Gasteiger partial charge in [0.1, 0.15) is 17.5 Å². The van der Waals surface area contributed by atoms with Crippen LogP contribution in [0.4, 0.5) is 11.4 Å². The van der Waals surface area contributed by atoms with E-state index in [1.165, 1.54) is 4.90 Å². The zero-order chi connectivity index (χ0) is 25.7. The Morgan fingerprint density at radius 3 is 2.53 bits per heavy atom. The summed E-state index contributed by atoms with van der Waals surface area (Å²) in [7, 11) is -1.78. The number of carbonyl (C=O) groups excluding carboxylic acids is 3. The highest BCUT2D eigenvalue weighted by molar-refractivity contribution is 7.86. The fraction of sp³-hybridized carbons (Fsp3) is 0.423. The summed E-state index contributed by atoms with van der Waals surface area (Å²) in [6.45, 7) is 3.64. The van der Waals surface area contributed by atoms with Crippen LogP contribution in [-0.4, -0.2) is 52.3 Å². The third kappa shape index (κ3) is 6.23. The Hall–Kier alpha value is -3.40. The van der Waals surface area contributed by atoms with Crippen molar-refractivity contribution in [1.29, 1.82) is 0 Å². The standard InChI is InChI=1S/C26H31N3O6S/c1-17-7-3-6-10-21(17)29(18(2)26(32)28-19-8-4-5-9-19)25(31)15-36(33)14-24(30)27-20-11-12-22-23(13-20)35-16-34-22/h3,6-7,10-13,18-19H,4-5,8-9,14-16H2,1-2H3,(H,27,30)(H,28,32). The van der Waals surface area contributed by atoms with Crippen molar-refractivity contribution in [3.05, 3.63) is 48.0 Å². The fourth-order valence-corrected chi connectivity index (χ4v) is 5.36. The average Bonchev–Trinajstić information content (AvgIpc) is 3.51. The normalized spacial score (nSPS) is 16.3. The Labute approximate surface area is 213 Å². The number of hydrogen-bond acceptors (Lipinski definition) is 6. The van der Waals surface area contributed by atoms with Gasteiger partial charge in [0.05, 0.1) is 0 Å². The molecule has 2 atom stereocenters. The molecule has 0 saturated heterocycles. The van der Waals surface area contributed by atoms with Crippen LogP contribution < -0.4 is 25.0 Å². The molecule has 1 aliphatic heterocycles. The lowest BCUT2D eigenvalue weighted by Crippen LogP contribution is -2.51. The fourth-order valence-electron chi connectivity index (χ4n) is 4.48. The van der Waals surface area contributed by atoms with Gasteiger partial charge in [-0.05, 0) is 50.5 Å². The van der Waals surface area contributed by atoms with E-state index in [-0.39, 0.29) is 30.2 Å². The number of benzene rings is 2. The van der Waals surface area contributed by atoms with Gasteiger partial charge in [0.25, 0.3) is 0 Å². The van der Waals surface area contributed by atoms with Crippen LogP contribution in [0.2, 0.25) is 0 Å². The van der Waals surface area contributed by atoms with E-state index in [1.54, 1.807) is 37.3 Å². The van der Waals surface area contributed by atoms with Crippen molar-refractivity contribution in [2.45, 2.75) is 51.6 Å². The number of aryl methyl sites for hydroxylation is 1. The molecular formula is C26H31N3O6S. The van der Waals surface area contributed by atoms with E-state index in [0.717, 1.165) is 31.2 Å². The summed E-state index contributed by atoms with van der Waals surface area (Å²) in [4.78, 5) is 40.2. The maximum Gasteiger partial charge on any atom is 0.243 e. The molecule has 1 aliphatic carbocycles. The first-order valence-corrected chi connectivity index (χ1v) is 13.5. The summed E-state index contributed by atoms with van der Waals surface area (Å²) in [5, 5.41) is 5.71. The van der Waals surface area contributed by atoms with Crippen LogP contribution in [0.15, 0.2) is 42.5 Å². The lowest BCUT2D eigenvalue weighted by molar-refractivity contribution is -0.125. The molecule has 2 N–H and O–H groups in total. The maximum absolute atomic E-state index is 13.3. The van der Waals surface area contributed by atoms with Crippen molar-refractivity contribution in [1.82, 2.24) is 5.32 Å². The van der Waals surface area contributed by atoms with Crippen LogP contribution in [0.5, 0.6) is 11.5 Å². The van der Waals surface area contributed by atoms with Crippen LogP contribution in [0.3, 0.4) is 0 Å². The number of fused-ring (bicyclic) bond motifs is 1. The quantitative estimate of drug-likeness (QED) is 0.533. The minimum Gasteiger partial charge on any atom is -0.454 e. The van der Waals surface area contributed by atoms with Crippen LogP contribution in [0.25, 0.3) is 0 Å². The molecular weight excluding hydrogens is 482 g/mol. The average molecular weight is 514 g/mol. The maximum atomic E-state index is 13.3. The second-order valence-corrected chi connectivity index (χ2v) is 10.5. The Morgan fingerprint density at radius 1 is 1.06 bits per heavy atom. The van der Waals surface area contributed by atoms with Gasteiger partial charge in [-0.25, -0.2) is 0 Å². The van der Waals surface area contributed by atoms with Gasteiger partial charge in [0, 0.05) is 34.3 Å². The van der Waals surface area contributed by atoms with E-state index in [9.17, 15) is 18.6 Å². The van der Waals surface area contributed by atoms with Crippen LogP contribution in [0.1, 0.15) is 38.2 Å². The third-order valence-electron chi connectivity index (χ3n) is 6.34. The predicted molar refractivity (Wildman–Crippen MR) is 138 cm³/mol. The van der Waals surface area contributed by atoms with Gasteiger partial charge in [0.15, 0.2) is 11.5 Å². The summed E-state index contributed by atoms with van der Waals surface area (Å²) in [6.07, 6.45) is 4.01. The predicted octanol–water partition coefficient (Wildman–Crippen LogP) is 2.89. The van der Waals surface area contributed by atoms with Crippen molar-refractivity contribution < 1.29 is 28.1 Å². The number of hydrogen-bond donors (Lipinski definition) is 2. The number of para-hydroxylation sites is 1. The highest BCUT2D eigenvalue weighted by Gasteiger charge is 2.31. The zero-order valence-electron chi connectivity index (χ0n) is 20.5. The molecule has 10 heteroatoms. The van der Waals surface area contributed by atoms with E-state index in [0.29, 0.717) is 22.9 Å². The van der Waals surface area contributed by atoms with Gasteiger partial charge in [-0.3, -0.25) is 23.5 Å². The zero-order valence-corrected chi connectivity index (χ0v) is 21.3. The summed E-state index contributed by atoms with van der Waals surface area (Å²) < 4.78 is 23.3. The highest BCUT2D eigenvalue weighted by Crippen LogP contribution is 2.34. The van der Waals surface area contributed by atoms with Crippen molar-refractivity contribution in [3.8, 4) is 11.5 Å². The topological polar surface area (TPSA) is 114 Å². The number of nitrogens with zero attached hydrogens (tertiary/aromatic N) is 1. The number of carbonyl (C=O) groups is 3. The summed E-state index contributed by atoms with van der Waals surface area (Å²) in [5.74, 6) is -0.853. The van der Waals surface area contributed by atoms with Crippen molar-refractivity contribution in [2.75, 3.05) is 28.5 Å². The first-order valence-electron chi connectivity index (χ1n) is 12.0. The van der Waals surface area contributed by atoms with Gasteiger partial charge >= 0.3 is 0 Å². The summed E-state index contributed by atoms with van der Waals surface area (Å²) in [5.41, 5.74) is 1.88. The number of nitrogens with one attached hydrogen (secondary N) is 2. The molecule has 0 radical (unpaired) electrons. The van der Waals surface area contributed by atoms with E-state index >= 15 is 0 Å². The molecule has 1 saturated carbocycles. The van der Waals surface area contributed by atoms with E-state index in [4.69, 9.17) is 9.47 Å². The SMILES string of the molecule is Cc1ccccc1N(C(=O)CS(=O)CC(=O)Nc1ccc2c(c1)OCO2)C(C)C(=O)NC1CCCC1. The second kappa shape index (κ2) is 11.6. The number of amides is 3. The molecule has 2 aliphatic rings. The minimum atomic E-state index is -1.78. The molecule has 4 rings (SSSR count). The van der Waals surface area contributed by atoms with Gasteiger partial charge in [-0.1, -0.05) is 31.0 Å². The Balaban J connectivity index is 1.41. The molecule has 2 aromatic rings. The van der Waals surface area contributed by atoms with Crippen molar-refractivity contribution in [2.24, 2.45) is 0 Å². The van der Waals surface area contributed by atoms with E-state index in [2.05, 4.69) is 10.6 Å². The monoisotopic (exact) mass is 513 g/mol.